The zero-order valence-electron chi connectivity index (χ0n) is 12.5. The lowest BCUT2D eigenvalue weighted by atomic mass is 10.1. The van der Waals surface area contributed by atoms with Gasteiger partial charge in [0.25, 0.3) is 0 Å². The summed E-state index contributed by atoms with van der Waals surface area (Å²) in [5.41, 5.74) is 9.15. The molecule has 2 aromatic rings. The Hall–Kier alpha value is -1.87. The second-order valence-electron chi connectivity index (χ2n) is 5.18. The van der Waals surface area contributed by atoms with Crippen molar-refractivity contribution in [3.63, 3.8) is 0 Å². The lowest BCUT2D eigenvalue weighted by molar-refractivity contribution is 0.716. The SMILES string of the molecule is CCCCN(Cc1cccc(C(N)=S)c1)c1ccccc1. The molecule has 0 aliphatic heterocycles. The zero-order valence-corrected chi connectivity index (χ0v) is 13.3. The van der Waals surface area contributed by atoms with E-state index >= 15 is 0 Å². The number of anilines is 1. The van der Waals surface area contributed by atoms with Gasteiger partial charge in [0.05, 0.1) is 0 Å². The van der Waals surface area contributed by atoms with Crippen LogP contribution in [0.2, 0.25) is 0 Å². The van der Waals surface area contributed by atoms with Crippen molar-refractivity contribution in [1.82, 2.24) is 0 Å². The maximum atomic E-state index is 5.72. The van der Waals surface area contributed by atoms with Gasteiger partial charge < -0.3 is 10.6 Å². The molecule has 21 heavy (non-hydrogen) atoms. The summed E-state index contributed by atoms with van der Waals surface area (Å²) in [5, 5.41) is 0. The number of rotatable bonds is 7. The molecular formula is C18H22N2S. The number of hydrogen-bond acceptors (Lipinski definition) is 2. The van der Waals surface area contributed by atoms with E-state index in [2.05, 4.69) is 54.3 Å². The first-order valence-corrected chi connectivity index (χ1v) is 7.80. The summed E-state index contributed by atoms with van der Waals surface area (Å²) in [7, 11) is 0. The molecule has 0 aliphatic carbocycles. The van der Waals surface area contributed by atoms with E-state index in [9.17, 15) is 0 Å². The van der Waals surface area contributed by atoms with Crippen molar-refractivity contribution in [2.45, 2.75) is 26.3 Å². The van der Waals surface area contributed by atoms with E-state index in [4.69, 9.17) is 18.0 Å². The van der Waals surface area contributed by atoms with E-state index in [1.807, 2.05) is 12.1 Å². The summed E-state index contributed by atoms with van der Waals surface area (Å²) in [4.78, 5) is 2.86. The number of thiocarbonyl (C=S) groups is 1. The maximum absolute atomic E-state index is 5.72. The molecule has 2 aromatic carbocycles. The highest BCUT2D eigenvalue weighted by molar-refractivity contribution is 7.80. The van der Waals surface area contributed by atoms with Gasteiger partial charge in [0, 0.05) is 24.3 Å². The van der Waals surface area contributed by atoms with Crippen LogP contribution < -0.4 is 10.6 Å². The standard InChI is InChI=1S/C18H22N2S/c1-2-3-12-20(17-10-5-4-6-11-17)14-15-8-7-9-16(13-15)18(19)21/h4-11,13H,2-3,12,14H2,1H3,(H2,19,21). The van der Waals surface area contributed by atoms with Crippen LogP contribution in [0.5, 0.6) is 0 Å². The van der Waals surface area contributed by atoms with Crippen molar-refractivity contribution >= 4 is 22.9 Å². The van der Waals surface area contributed by atoms with Crippen molar-refractivity contribution in [2.24, 2.45) is 5.73 Å². The zero-order chi connectivity index (χ0) is 15.1. The number of unbranched alkanes of at least 4 members (excludes halogenated alkanes) is 1. The van der Waals surface area contributed by atoms with Crippen molar-refractivity contribution < 1.29 is 0 Å². The van der Waals surface area contributed by atoms with Crippen LogP contribution in [-0.4, -0.2) is 11.5 Å². The number of nitrogens with two attached hydrogens (primary N) is 1. The molecule has 0 saturated heterocycles. The molecule has 0 aliphatic rings. The summed E-state index contributed by atoms with van der Waals surface area (Å²) in [6.07, 6.45) is 2.38. The molecule has 0 bridgehead atoms. The Balaban J connectivity index is 2.18. The van der Waals surface area contributed by atoms with Crippen LogP contribution in [0.1, 0.15) is 30.9 Å². The van der Waals surface area contributed by atoms with Crippen LogP contribution in [0.4, 0.5) is 5.69 Å². The summed E-state index contributed by atoms with van der Waals surface area (Å²) in [6, 6.07) is 18.7. The van der Waals surface area contributed by atoms with E-state index in [1.165, 1.54) is 24.1 Å². The Labute approximate surface area is 132 Å². The van der Waals surface area contributed by atoms with Gasteiger partial charge in [-0.1, -0.05) is 62.0 Å². The first kappa shape index (κ1) is 15.5. The molecule has 2 rings (SSSR count). The average Bonchev–Trinajstić information content (AvgIpc) is 2.52. The first-order chi connectivity index (χ1) is 10.2. The van der Waals surface area contributed by atoms with Crippen LogP contribution >= 0.6 is 12.2 Å². The third-order valence-electron chi connectivity index (χ3n) is 3.49. The molecule has 0 atom stereocenters. The molecule has 0 unspecified atom stereocenters. The fourth-order valence-electron chi connectivity index (χ4n) is 2.33. The Morgan fingerprint density at radius 1 is 1.10 bits per heavy atom. The van der Waals surface area contributed by atoms with Gasteiger partial charge >= 0.3 is 0 Å². The van der Waals surface area contributed by atoms with E-state index in [0.29, 0.717) is 4.99 Å². The Bertz CT molecular complexity index is 581. The predicted molar refractivity (Wildman–Crippen MR) is 94.7 cm³/mol. The fraction of sp³-hybridized carbons (Fsp3) is 0.278. The van der Waals surface area contributed by atoms with Gasteiger partial charge in [-0.25, -0.2) is 0 Å². The highest BCUT2D eigenvalue weighted by Crippen LogP contribution is 2.18. The molecule has 3 heteroatoms. The molecule has 110 valence electrons. The minimum Gasteiger partial charge on any atom is -0.389 e. The second kappa shape index (κ2) is 7.79. The van der Waals surface area contributed by atoms with Gasteiger partial charge in [0.2, 0.25) is 0 Å². The van der Waals surface area contributed by atoms with Crippen molar-refractivity contribution in [1.29, 1.82) is 0 Å². The molecule has 2 nitrogen and oxygen atoms in total. The van der Waals surface area contributed by atoms with Crippen LogP contribution in [0, 0.1) is 0 Å². The smallest absolute Gasteiger partial charge is 0.103 e. The van der Waals surface area contributed by atoms with E-state index < -0.39 is 0 Å². The van der Waals surface area contributed by atoms with Gasteiger partial charge in [-0.15, -0.1) is 0 Å². The Morgan fingerprint density at radius 2 is 1.86 bits per heavy atom. The van der Waals surface area contributed by atoms with Crippen molar-refractivity contribution in [2.75, 3.05) is 11.4 Å². The summed E-state index contributed by atoms with van der Waals surface area (Å²) in [5.74, 6) is 0. The average molecular weight is 298 g/mol. The number of nitrogens with zero attached hydrogens (tertiary/aromatic N) is 1. The largest absolute Gasteiger partial charge is 0.389 e. The maximum Gasteiger partial charge on any atom is 0.103 e. The highest BCUT2D eigenvalue weighted by atomic mass is 32.1. The topological polar surface area (TPSA) is 29.3 Å². The molecular weight excluding hydrogens is 276 g/mol. The Morgan fingerprint density at radius 3 is 2.52 bits per heavy atom. The Kier molecular flexibility index (Phi) is 5.76. The lowest BCUT2D eigenvalue weighted by Crippen LogP contribution is -2.24. The quantitative estimate of drug-likeness (QED) is 0.779. The van der Waals surface area contributed by atoms with Crippen LogP contribution in [0.3, 0.4) is 0 Å². The molecule has 0 fully saturated rings. The normalized spacial score (nSPS) is 10.3. The molecule has 0 heterocycles. The summed E-state index contributed by atoms with van der Waals surface area (Å²) >= 11 is 5.06. The molecule has 0 spiro atoms. The molecule has 2 N–H and O–H groups in total. The van der Waals surface area contributed by atoms with Crippen molar-refractivity contribution in [3.05, 3.63) is 65.7 Å². The first-order valence-electron chi connectivity index (χ1n) is 7.39. The van der Waals surface area contributed by atoms with E-state index in [-0.39, 0.29) is 0 Å². The van der Waals surface area contributed by atoms with Crippen LogP contribution in [0.15, 0.2) is 54.6 Å². The third kappa shape index (κ3) is 4.57. The van der Waals surface area contributed by atoms with Crippen LogP contribution in [0.25, 0.3) is 0 Å². The van der Waals surface area contributed by atoms with Gasteiger partial charge in [-0.05, 0) is 30.2 Å². The summed E-state index contributed by atoms with van der Waals surface area (Å²) < 4.78 is 0. The third-order valence-corrected chi connectivity index (χ3v) is 3.72. The molecule has 0 radical (unpaired) electrons. The number of para-hydroxylation sites is 1. The van der Waals surface area contributed by atoms with E-state index in [0.717, 1.165) is 18.7 Å². The van der Waals surface area contributed by atoms with Gasteiger partial charge in [0.15, 0.2) is 0 Å². The second-order valence-corrected chi connectivity index (χ2v) is 5.62. The number of benzene rings is 2. The monoisotopic (exact) mass is 298 g/mol. The lowest BCUT2D eigenvalue weighted by Gasteiger charge is -2.25. The van der Waals surface area contributed by atoms with Gasteiger partial charge in [-0.3, -0.25) is 0 Å². The highest BCUT2D eigenvalue weighted by Gasteiger charge is 2.07. The summed E-state index contributed by atoms with van der Waals surface area (Å²) in [6.45, 7) is 4.15. The molecule has 0 saturated carbocycles. The molecule has 0 amide bonds. The van der Waals surface area contributed by atoms with Crippen molar-refractivity contribution in [3.8, 4) is 0 Å². The van der Waals surface area contributed by atoms with Crippen LogP contribution in [-0.2, 0) is 6.54 Å². The van der Waals surface area contributed by atoms with Gasteiger partial charge in [0.1, 0.15) is 4.99 Å². The van der Waals surface area contributed by atoms with E-state index in [1.54, 1.807) is 0 Å². The van der Waals surface area contributed by atoms with Gasteiger partial charge in [-0.2, -0.15) is 0 Å². The molecule has 0 aromatic heterocycles. The minimum absolute atomic E-state index is 0.455. The fourth-order valence-corrected chi connectivity index (χ4v) is 2.46. The predicted octanol–water partition coefficient (Wildman–Crippen LogP) is 4.13. The minimum atomic E-state index is 0.455. The number of hydrogen-bond donors (Lipinski definition) is 1.